The fourth-order valence-electron chi connectivity index (χ4n) is 4.37. The van der Waals surface area contributed by atoms with Crippen molar-refractivity contribution in [1.29, 1.82) is 0 Å². The lowest BCUT2D eigenvalue weighted by Gasteiger charge is -2.22. The van der Waals surface area contributed by atoms with Crippen molar-refractivity contribution in [3.8, 4) is 17.3 Å². The molecule has 7 nitrogen and oxygen atoms in total. The molecule has 0 atom stereocenters. The van der Waals surface area contributed by atoms with E-state index < -0.39 is 11.7 Å². The lowest BCUT2D eigenvalue weighted by molar-refractivity contribution is -0.137. The summed E-state index contributed by atoms with van der Waals surface area (Å²) >= 11 is 3.42. The van der Waals surface area contributed by atoms with Gasteiger partial charge in [-0.15, -0.1) is 0 Å². The minimum atomic E-state index is -4.48. The quantitative estimate of drug-likeness (QED) is 0.342. The van der Waals surface area contributed by atoms with E-state index >= 15 is 0 Å². The molecule has 0 unspecified atom stereocenters. The number of hydrogen-bond acceptors (Lipinski definition) is 4. The summed E-state index contributed by atoms with van der Waals surface area (Å²) in [5.74, 6) is 0.792. The summed E-state index contributed by atoms with van der Waals surface area (Å²) in [4.78, 5) is 25.1. The first kappa shape index (κ1) is 22.9. The topological polar surface area (TPSA) is 91.4 Å². The molecule has 1 fully saturated rings. The second-order valence-electron chi connectivity index (χ2n) is 8.49. The van der Waals surface area contributed by atoms with Crippen LogP contribution in [0.4, 0.5) is 13.2 Å². The number of aromatic nitrogens is 5. The van der Waals surface area contributed by atoms with Crippen LogP contribution in [0.15, 0.2) is 45.8 Å². The van der Waals surface area contributed by atoms with E-state index in [9.17, 15) is 18.0 Å². The van der Waals surface area contributed by atoms with Gasteiger partial charge in [0, 0.05) is 16.2 Å². The summed E-state index contributed by atoms with van der Waals surface area (Å²) in [5, 5.41) is 6.38. The molecule has 3 aromatic heterocycles. The maximum Gasteiger partial charge on any atom is 0.417 e. The molecule has 0 spiro atoms. The average Bonchev–Trinajstić information content (AvgIpc) is 3.38. The number of nitrogens with one attached hydrogen (secondary N) is 3. The number of halogens is 4. The third kappa shape index (κ3) is 4.54. The molecule has 0 aliphatic carbocycles. The Labute approximate surface area is 200 Å². The fraction of sp³-hybridized carbons (Fsp3) is 0.348. The number of piperidine rings is 1. The predicted molar refractivity (Wildman–Crippen MR) is 126 cm³/mol. The molecule has 0 bridgehead atoms. The predicted octanol–water partition coefficient (Wildman–Crippen LogP) is 4.82. The Kier molecular flexibility index (Phi) is 6.07. The van der Waals surface area contributed by atoms with E-state index in [0.29, 0.717) is 35.1 Å². The van der Waals surface area contributed by atoms with Crippen molar-refractivity contribution in [2.75, 3.05) is 13.1 Å². The van der Waals surface area contributed by atoms with Gasteiger partial charge in [-0.3, -0.25) is 14.9 Å². The van der Waals surface area contributed by atoms with Gasteiger partial charge in [-0.1, -0.05) is 15.9 Å². The van der Waals surface area contributed by atoms with E-state index in [1.165, 1.54) is 10.7 Å². The van der Waals surface area contributed by atoms with E-state index in [1.54, 1.807) is 0 Å². The van der Waals surface area contributed by atoms with Gasteiger partial charge in [0.05, 0.1) is 28.0 Å². The zero-order chi connectivity index (χ0) is 23.9. The van der Waals surface area contributed by atoms with Gasteiger partial charge in [0.1, 0.15) is 0 Å². The summed E-state index contributed by atoms with van der Waals surface area (Å²) < 4.78 is 41.2. The fourth-order valence-corrected chi connectivity index (χ4v) is 4.73. The first-order valence-corrected chi connectivity index (χ1v) is 11.8. The number of alkyl halides is 3. The van der Waals surface area contributed by atoms with E-state index in [0.717, 1.165) is 54.6 Å². The van der Waals surface area contributed by atoms with Gasteiger partial charge in [0.2, 0.25) is 5.95 Å². The third-order valence-corrected chi connectivity index (χ3v) is 6.73. The number of hydrogen-bond donors (Lipinski definition) is 3. The van der Waals surface area contributed by atoms with Crippen LogP contribution >= 0.6 is 15.9 Å². The molecule has 1 aliphatic rings. The molecule has 178 valence electrons. The molecule has 0 saturated carbocycles. The van der Waals surface area contributed by atoms with Gasteiger partial charge < -0.3 is 10.3 Å². The summed E-state index contributed by atoms with van der Waals surface area (Å²) in [5.41, 5.74) is 1.49. The van der Waals surface area contributed by atoms with Crippen molar-refractivity contribution in [1.82, 2.24) is 30.0 Å². The van der Waals surface area contributed by atoms with Gasteiger partial charge >= 0.3 is 6.18 Å². The number of fused-ring (bicyclic) bond motifs is 1. The Morgan fingerprint density at radius 3 is 2.65 bits per heavy atom. The van der Waals surface area contributed by atoms with Crippen molar-refractivity contribution >= 4 is 27.0 Å². The van der Waals surface area contributed by atoms with Crippen LogP contribution in [-0.4, -0.2) is 37.8 Å². The van der Waals surface area contributed by atoms with Crippen LogP contribution in [0.2, 0.25) is 0 Å². The maximum atomic E-state index is 13.4. The van der Waals surface area contributed by atoms with Crippen LogP contribution in [0.3, 0.4) is 0 Å². The highest BCUT2D eigenvalue weighted by atomic mass is 79.9. The van der Waals surface area contributed by atoms with Gasteiger partial charge in [0.25, 0.3) is 5.56 Å². The Morgan fingerprint density at radius 1 is 1.15 bits per heavy atom. The number of pyridine rings is 1. The molecular weight excluding hydrogens is 513 g/mol. The van der Waals surface area contributed by atoms with E-state index in [4.69, 9.17) is 0 Å². The molecule has 34 heavy (non-hydrogen) atoms. The number of imidazole rings is 1. The second kappa shape index (κ2) is 9.03. The smallest absolute Gasteiger partial charge is 0.322 e. The van der Waals surface area contributed by atoms with E-state index in [2.05, 4.69) is 41.3 Å². The number of aromatic amines is 2. The molecule has 4 aromatic rings. The number of rotatable bonds is 5. The highest BCUT2D eigenvalue weighted by Gasteiger charge is 2.31. The first-order chi connectivity index (χ1) is 16.3. The van der Waals surface area contributed by atoms with Crippen LogP contribution in [0, 0.1) is 5.92 Å². The lowest BCUT2D eigenvalue weighted by atomic mass is 9.91. The standard InChI is InChI=1S/C23H22BrF3N6O/c24-15-3-6-17-19(11-15)31-22(30-17)33-21(34)16(4-1-13-7-9-28-10-8-13)20(32-33)18-5-2-14(12-29-18)23(25,26)27/h2-3,5-6,11-13,28,32H,1,4,7-10H2,(H,30,31). The van der Waals surface area contributed by atoms with E-state index in [-0.39, 0.29) is 11.3 Å². The monoisotopic (exact) mass is 534 g/mol. The minimum absolute atomic E-state index is 0.281. The minimum Gasteiger partial charge on any atom is -0.322 e. The largest absolute Gasteiger partial charge is 0.417 e. The van der Waals surface area contributed by atoms with Crippen molar-refractivity contribution in [2.45, 2.75) is 31.9 Å². The second-order valence-corrected chi connectivity index (χ2v) is 9.41. The number of H-pyrrole nitrogens is 2. The zero-order valence-corrected chi connectivity index (χ0v) is 19.6. The molecule has 1 aromatic carbocycles. The van der Waals surface area contributed by atoms with Gasteiger partial charge in [-0.25, -0.2) is 4.98 Å². The molecule has 0 radical (unpaired) electrons. The summed E-state index contributed by atoms with van der Waals surface area (Å²) in [6.45, 7) is 1.90. The third-order valence-electron chi connectivity index (χ3n) is 6.24. The maximum absolute atomic E-state index is 13.4. The van der Waals surface area contributed by atoms with Gasteiger partial charge in [0.15, 0.2) is 0 Å². The van der Waals surface area contributed by atoms with Gasteiger partial charge in [-0.2, -0.15) is 17.9 Å². The zero-order valence-electron chi connectivity index (χ0n) is 18.0. The normalized spacial score (nSPS) is 15.3. The Balaban J connectivity index is 1.55. The molecule has 11 heteroatoms. The highest BCUT2D eigenvalue weighted by Crippen LogP contribution is 2.30. The average molecular weight is 535 g/mol. The van der Waals surface area contributed by atoms with Crippen LogP contribution in [0.5, 0.6) is 0 Å². The molecule has 4 heterocycles. The van der Waals surface area contributed by atoms with Crippen molar-refractivity contribution in [2.24, 2.45) is 5.92 Å². The molecule has 5 rings (SSSR count). The summed E-state index contributed by atoms with van der Waals surface area (Å²) in [6, 6.07) is 7.81. The summed E-state index contributed by atoms with van der Waals surface area (Å²) in [7, 11) is 0. The Hall–Kier alpha value is -2.92. The number of benzene rings is 1. The van der Waals surface area contributed by atoms with Crippen LogP contribution in [0.1, 0.15) is 30.4 Å². The van der Waals surface area contributed by atoms with Gasteiger partial charge in [-0.05, 0) is 75.0 Å². The highest BCUT2D eigenvalue weighted by molar-refractivity contribution is 9.10. The lowest BCUT2D eigenvalue weighted by Crippen LogP contribution is -2.28. The molecule has 0 amide bonds. The van der Waals surface area contributed by atoms with Crippen LogP contribution in [0.25, 0.3) is 28.4 Å². The molecular formula is C23H22BrF3N6O. The molecule has 1 aliphatic heterocycles. The van der Waals surface area contributed by atoms with Crippen molar-refractivity contribution in [3.63, 3.8) is 0 Å². The first-order valence-electron chi connectivity index (χ1n) is 11.0. The van der Waals surface area contributed by atoms with E-state index in [1.807, 2.05) is 18.2 Å². The van der Waals surface area contributed by atoms with Crippen molar-refractivity contribution < 1.29 is 13.2 Å². The molecule has 3 N–H and O–H groups in total. The molecule has 1 saturated heterocycles. The Morgan fingerprint density at radius 2 is 1.94 bits per heavy atom. The number of nitrogens with zero attached hydrogens (tertiary/aromatic N) is 3. The SMILES string of the molecule is O=c1c(CCC2CCNCC2)c(-c2ccc(C(F)(F)F)cn2)[nH]n1-c1nc2ccc(Br)cc2[nH]1. The van der Waals surface area contributed by atoms with Crippen LogP contribution < -0.4 is 10.9 Å². The summed E-state index contributed by atoms with van der Waals surface area (Å²) in [6.07, 6.45) is -0.312. The van der Waals surface area contributed by atoms with Crippen molar-refractivity contribution in [3.05, 3.63) is 62.5 Å². The Bertz CT molecular complexity index is 1370. The van der Waals surface area contributed by atoms with Crippen LogP contribution in [-0.2, 0) is 12.6 Å².